The van der Waals surface area contributed by atoms with E-state index in [1.807, 2.05) is 20.8 Å². The largest absolute Gasteiger partial charge is 0.465 e. The van der Waals surface area contributed by atoms with Crippen LogP contribution in [0.2, 0.25) is 0 Å². The molecule has 3 unspecified atom stereocenters. The second-order valence-corrected chi connectivity index (χ2v) is 17.7. The van der Waals surface area contributed by atoms with E-state index in [0.717, 1.165) is 5.56 Å². The Hall–Kier alpha value is -4.30. The number of piperidine rings is 1. The number of ether oxygens (including phenoxy) is 2. The summed E-state index contributed by atoms with van der Waals surface area (Å²) in [5.41, 5.74) is -0.857. The molecule has 55 heavy (non-hydrogen) atoms. The molecule has 0 aromatic heterocycles. The van der Waals surface area contributed by atoms with E-state index in [-0.39, 0.29) is 42.2 Å². The van der Waals surface area contributed by atoms with Crippen LogP contribution in [0.25, 0.3) is 0 Å². The van der Waals surface area contributed by atoms with E-state index in [1.165, 1.54) is 12.0 Å². The van der Waals surface area contributed by atoms with Crippen molar-refractivity contribution in [2.24, 2.45) is 34.5 Å². The van der Waals surface area contributed by atoms with Gasteiger partial charge >= 0.3 is 18.0 Å². The molecule has 1 aliphatic heterocycles. The molecule has 0 radical (unpaired) electrons. The fraction of sp³-hybridized carbons (Fsp3) is 0.700. The average Bonchev–Trinajstić information content (AvgIpc) is 3.43. The van der Waals surface area contributed by atoms with Gasteiger partial charge in [0.25, 0.3) is 0 Å². The van der Waals surface area contributed by atoms with Crippen LogP contribution < -0.4 is 21.3 Å². The smallest absolute Gasteiger partial charge is 0.337 e. The Labute approximate surface area is 323 Å². The molecule has 1 saturated heterocycles. The average molecular weight is 778 g/mol. The van der Waals surface area contributed by atoms with Gasteiger partial charge in [0.2, 0.25) is 24.1 Å². The number of nitrogens with zero attached hydrogens (tertiary/aromatic N) is 1. The molecule has 7 atom stereocenters. The van der Waals surface area contributed by atoms with Crippen molar-refractivity contribution >= 4 is 35.7 Å². The topological polar surface area (TPSA) is 172 Å². The number of amides is 5. The summed E-state index contributed by atoms with van der Waals surface area (Å²) in [4.78, 5) is 81.4. The summed E-state index contributed by atoms with van der Waals surface area (Å²) in [6, 6.07) is 0.911. The zero-order valence-electron chi connectivity index (χ0n) is 34.3. The number of likely N-dealkylation sites (tertiary alicyclic amines) is 1. The fourth-order valence-electron chi connectivity index (χ4n) is 7.43. The maximum absolute atomic E-state index is 14.5. The van der Waals surface area contributed by atoms with Crippen molar-refractivity contribution in [3.63, 3.8) is 0 Å². The van der Waals surface area contributed by atoms with Gasteiger partial charge in [-0.1, -0.05) is 67.5 Å². The maximum Gasteiger partial charge on any atom is 0.337 e. The molecule has 5 amide bonds. The van der Waals surface area contributed by atoms with Crippen molar-refractivity contribution in [1.82, 2.24) is 26.2 Å². The minimum Gasteiger partial charge on any atom is -0.465 e. The van der Waals surface area contributed by atoms with Gasteiger partial charge in [-0.15, -0.1) is 0 Å². The number of benzene rings is 1. The summed E-state index contributed by atoms with van der Waals surface area (Å²) in [5, 5.41) is 10.6. The van der Waals surface area contributed by atoms with Gasteiger partial charge < -0.3 is 35.6 Å². The molecule has 15 heteroatoms. The molecule has 2 aliphatic rings. The zero-order chi connectivity index (χ0) is 41.8. The number of alkyl halides is 2. The van der Waals surface area contributed by atoms with Crippen LogP contribution in [0.1, 0.15) is 98.5 Å². The lowest BCUT2D eigenvalue weighted by molar-refractivity contribution is -0.158. The number of methoxy groups -OCH3 is 1. The van der Waals surface area contributed by atoms with Gasteiger partial charge in [0.05, 0.1) is 12.7 Å². The molecule has 1 saturated carbocycles. The number of nitrogens with one attached hydrogen (secondary N) is 4. The van der Waals surface area contributed by atoms with Crippen LogP contribution in [0, 0.1) is 34.5 Å². The Morgan fingerprint density at radius 3 is 2.02 bits per heavy atom. The summed E-state index contributed by atoms with van der Waals surface area (Å²) in [7, 11) is 1.27. The maximum atomic E-state index is 14.5. The van der Waals surface area contributed by atoms with Gasteiger partial charge in [-0.05, 0) is 79.4 Å². The number of halogens is 2. The molecule has 1 aliphatic carbocycles. The number of carbonyl (C=O) groups is 6. The molecule has 1 aromatic carbocycles. The number of fused-ring (bicyclic) bond motifs is 1. The summed E-state index contributed by atoms with van der Waals surface area (Å²) in [5.74, 6) is -3.81. The number of rotatable bonds is 15. The van der Waals surface area contributed by atoms with Gasteiger partial charge in [0.1, 0.15) is 29.8 Å². The van der Waals surface area contributed by atoms with Crippen molar-refractivity contribution in [3.05, 3.63) is 35.4 Å². The molecule has 13 nitrogen and oxygen atoms in total. The lowest BCUT2D eigenvalue weighted by Crippen LogP contribution is -2.62. The van der Waals surface area contributed by atoms with Crippen molar-refractivity contribution in [3.8, 4) is 0 Å². The fourth-order valence-corrected chi connectivity index (χ4v) is 7.43. The molecule has 308 valence electrons. The number of carbonyl (C=O) groups excluding carboxylic acids is 6. The highest BCUT2D eigenvalue weighted by Crippen LogP contribution is 2.68. The Balaban J connectivity index is 1.82. The zero-order valence-corrected chi connectivity index (χ0v) is 34.3. The first-order valence-electron chi connectivity index (χ1n) is 19.0. The predicted octanol–water partition coefficient (Wildman–Crippen LogP) is 4.47. The van der Waals surface area contributed by atoms with E-state index in [1.54, 1.807) is 79.7 Å². The minimum absolute atomic E-state index is 0.0722. The Morgan fingerprint density at radius 1 is 0.927 bits per heavy atom. The van der Waals surface area contributed by atoms with Crippen LogP contribution in [0.3, 0.4) is 0 Å². The monoisotopic (exact) mass is 777 g/mol. The lowest BCUT2D eigenvalue weighted by Gasteiger charge is -2.39. The highest BCUT2D eigenvalue weighted by molar-refractivity contribution is 5.96. The first kappa shape index (κ1) is 45.1. The summed E-state index contributed by atoms with van der Waals surface area (Å²) >= 11 is 0. The number of esters is 2. The highest BCUT2D eigenvalue weighted by atomic mass is 19.3. The molecule has 0 bridgehead atoms. The van der Waals surface area contributed by atoms with Gasteiger partial charge in [-0.25, -0.2) is 23.2 Å². The molecule has 1 heterocycles. The molecule has 1 aromatic rings. The van der Waals surface area contributed by atoms with Crippen LogP contribution >= 0.6 is 0 Å². The summed E-state index contributed by atoms with van der Waals surface area (Å²) in [6.45, 7) is 20.3. The van der Waals surface area contributed by atoms with Crippen LogP contribution in [0.15, 0.2) is 24.3 Å². The van der Waals surface area contributed by atoms with Crippen LogP contribution in [-0.2, 0) is 35.1 Å². The van der Waals surface area contributed by atoms with Gasteiger partial charge in [0, 0.05) is 19.5 Å². The van der Waals surface area contributed by atoms with Crippen molar-refractivity contribution in [1.29, 1.82) is 0 Å². The number of urea groups is 1. The first-order chi connectivity index (χ1) is 25.3. The minimum atomic E-state index is -2.92. The van der Waals surface area contributed by atoms with Gasteiger partial charge in [-0.3, -0.25) is 14.4 Å². The van der Waals surface area contributed by atoms with Gasteiger partial charge in [-0.2, -0.15) is 0 Å². The SMILES string of the molecule is COC(=O)c1ccc(CCNC(=O)[C@H](CC(F)F)NC(=O)C2C3C(CN2C(=O)[C@@H](NC(=O)N[C@H](C(=O)OC(C)(C)C)C(C)C)C(C)(C)C)[C@@]3(C)C(C)C)cc1. The van der Waals surface area contributed by atoms with E-state index in [2.05, 4.69) is 21.3 Å². The van der Waals surface area contributed by atoms with E-state index in [0.29, 0.717) is 12.0 Å². The second-order valence-electron chi connectivity index (χ2n) is 17.7. The first-order valence-corrected chi connectivity index (χ1v) is 19.0. The molecule has 3 rings (SSSR count). The third kappa shape index (κ3) is 11.2. The standard InChI is InChI=1S/C40H61F2N5O8/c1-21(2)29(36(52)55-39(8,9)10)45-37(53)46-31(38(5,6)7)34(50)47-20-25-28(40(25,11)22(3)4)30(47)33(49)44-26(19-27(41)42)32(48)43-18-17-23-13-15-24(16-14-23)35(51)54-12/h13-16,21-22,25-31H,17-20H2,1-12H3,(H,43,48)(H,44,49)(H2,45,46,53)/t25?,26-,28?,29-,30?,31+,40+/m0/s1. The van der Waals surface area contributed by atoms with Crippen LogP contribution in [-0.4, -0.2) is 97.0 Å². The number of hydrogen-bond donors (Lipinski definition) is 4. The quantitative estimate of drug-likeness (QED) is 0.189. The van der Waals surface area contributed by atoms with Crippen molar-refractivity contribution in [2.75, 3.05) is 20.2 Å². The highest BCUT2D eigenvalue weighted by Gasteiger charge is 2.73. The molecule has 0 spiro atoms. The van der Waals surface area contributed by atoms with Crippen LogP contribution in [0.4, 0.5) is 13.6 Å². The molecular formula is C40H61F2N5O8. The Morgan fingerprint density at radius 2 is 1.53 bits per heavy atom. The van der Waals surface area contributed by atoms with Crippen molar-refractivity contribution in [2.45, 2.75) is 125 Å². The number of hydrogen-bond acceptors (Lipinski definition) is 8. The molecular weight excluding hydrogens is 716 g/mol. The summed E-state index contributed by atoms with van der Waals surface area (Å²) in [6.07, 6.45) is -3.53. The summed E-state index contributed by atoms with van der Waals surface area (Å²) < 4.78 is 37.9. The predicted molar refractivity (Wildman–Crippen MR) is 202 cm³/mol. The van der Waals surface area contributed by atoms with Crippen molar-refractivity contribution < 1.29 is 47.0 Å². The molecule has 2 fully saturated rings. The Kier molecular flexibility index (Phi) is 14.5. The second kappa shape index (κ2) is 17.7. The van der Waals surface area contributed by atoms with E-state index < -0.39 is 83.7 Å². The third-order valence-electron chi connectivity index (χ3n) is 10.8. The van der Waals surface area contributed by atoms with E-state index in [9.17, 15) is 37.5 Å². The Bertz CT molecular complexity index is 1570. The third-order valence-corrected chi connectivity index (χ3v) is 10.8. The molecule has 4 N–H and O–H groups in total. The normalized spacial score (nSPS) is 22.3. The van der Waals surface area contributed by atoms with E-state index in [4.69, 9.17) is 9.47 Å². The van der Waals surface area contributed by atoms with Crippen LogP contribution in [0.5, 0.6) is 0 Å². The van der Waals surface area contributed by atoms with E-state index >= 15 is 0 Å². The van der Waals surface area contributed by atoms with Gasteiger partial charge in [0.15, 0.2) is 0 Å². The lowest BCUT2D eigenvalue weighted by atomic mass is 9.83.